The zero-order valence-corrected chi connectivity index (χ0v) is 18.7. The van der Waals surface area contributed by atoms with E-state index >= 15 is 0 Å². The van der Waals surface area contributed by atoms with Gasteiger partial charge in [0.05, 0.1) is 16.6 Å². The van der Waals surface area contributed by atoms with Crippen molar-refractivity contribution in [1.82, 2.24) is 10.2 Å². The van der Waals surface area contributed by atoms with Gasteiger partial charge in [0.15, 0.2) is 0 Å². The lowest BCUT2D eigenvalue weighted by Crippen LogP contribution is -2.62. The fourth-order valence-electron chi connectivity index (χ4n) is 5.07. The van der Waals surface area contributed by atoms with Crippen LogP contribution in [0.4, 0.5) is 0 Å². The monoisotopic (exact) mass is 460 g/mol. The molecule has 5 rings (SSSR count). The van der Waals surface area contributed by atoms with Crippen molar-refractivity contribution in [2.45, 2.75) is 44.2 Å². The molecule has 1 unspecified atom stereocenters. The molecule has 1 aliphatic carbocycles. The highest BCUT2D eigenvalue weighted by molar-refractivity contribution is 9.10. The van der Waals surface area contributed by atoms with Crippen molar-refractivity contribution < 1.29 is 4.79 Å². The van der Waals surface area contributed by atoms with E-state index in [1.54, 1.807) is 0 Å². The van der Waals surface area contributed by atoms with E-state index in [0.717, 1.165) is 40.9 Å². The number of nitrogens with zero attached hydrogens (tertiary/aromatic N) is 1. The van der Waals surface area contributed by atoms with Crippen LogP contribution in [-0.2, 0) is 0 Å². The number of halogens is 2. The van der Waals surface area contributed by atoms with Gasteiger partial charge >= 0.3 is 0 Å². The van der Waals surface area contributed by atoms with Gasteiger partial charge in [-0.2, -0.15) is 0 Å². The van der Waals surface area contributed by atoms with E-state index in [2.05, 4.69) is 45.3 Å². The first kappa shape index (κ1) is 19.9. The highest BCUT2D eigenvalue weighted by atomic mass is 79.9. The highest BCUT2D eigenvalue weighted by Crippen LogP contribution is 2.49. The van der Waals surface area contributed by atoms with Crippen LogP contribution in [0, 0.1) is 12.8 Å². The lowest BCUT2D eigenvalue weighted by atomic mass is 9.66. The minimum absolute atomic E-state index is 0.0541. The van der Waals surface area contributed by atoms with Crippen molar-refractivity contribution in [3.05, 3.63) is 68.7 Å². The zero-order valence-electron chi connectivity index (χ0n) is 16.3. The van der Waals surface area contributed by atoms with Gasteiger partial charge in [-0.15, -0.1) is 0 Å². The summed E-state index contributed by atoms with van der Waals surface area (Å²) in [5.41, 5.74) is 2.55. The second-order valence-corrected chi connectivity index (χ2v) is 9.62. The van der Waals surface area contributed by atoms with Gasteiger partial charge in [0.2, 0.25) is 0 Å². The maximum atomic E-state index is 13.3. The lowest BCUT2D eigenvalue weighted by Gasteiger charge is -2.57. The predicted molar refractivity (Wildman–Crippen MR) is 118 cm³/mol. The van der Waals surface area contributed by atoms with E-state index < -0.39 is 0 Å². The summed E-state index contributed by atoms with van der Waals surface area (Å²) in [4.78, 5) is 15.8. The maximum absolute atomic E-state index is 13.3. The van der Waals surface area contributed by atoms with Crippen LogP contribution in [0.2, 0.25) is 5.02 Å². The smallest absolute Gasteiger partial charge is 0.253 e. The Labute approximate surface area is 180 Å². The molecule has 2 aromatic rings. The van der Waals surface area contributed by atoms with Gasteiger partial charge in [0, 0.05) is 16.6 Å². The Kier molecular flexibility index (Phi) is 5.56. The van der Waals surface area contributed by atoms with Crippen LogP contribution in [0.5, 0.6) is 0 Å². The third-order valence-electron chi connectivity index (χ3n) is 6.69. The van der Waals surface area contributed by atoms with E-state index in [1.165, 1.54) is 12.8 Å². The van der Waals surface area contributed by atoms with Crippen LogP contribution in [0.3, 0.4) is 0 Å². The van der Waals surface area contributed by atoms with Crippen LogP contribution < -0.4 is 5.32 Å². The molecule has 3 fully saturated rings. The molecule has 28 heavy (non-hydrogen) atoms. The van der Waals surface area contributed by atoms with Gasteiger partial charge in [-0.25, -0.2) is 0 Å². The Morgan fingerprint density at radius 3 is 2.64 bits per heavy atom. The van der Waals surface area contributed by atoms with E-state index in [1.807, 2.05) is 37.3 Å². The van der Waals surface area contributed by atoms with E-state index in [-0.39, 0.29) is 17.5 Å². The molecule has 3 aliphatic rings. The van der Waals surface area contributed by atoms with Crippen molar-refractivity contribution in [1.29, 1.82) is 0 Å². The molecule has 2 aromatic carbocycles. The van der Waals surface area contributed by atoms with Gasteiger partial charge in [0.25, 0.3) is 5.91 Å². The number of rotatable bonds is 4. The van der Waals surface area contributed by atoms with Crippen LogP contribution in [0.15, 0.2) is 46.9 Å². The van der Waals surface area contributed by atoms with Gasteiger partial charge in [-0.1, -0.05) is 51.8 Å². The number of hydrogen-bond acceptors (Lipinski definition) is 2. The fourth-order valence-corrected chi connectivity index (χ4v) is 5.69. The first-order chi connectivity index (χ1) is 13.4. The first-order valence-electron chi connectivity index (χ1n) is 9.93. The number of amides is 1. The maximum Gasteiger partial charge on any atom is 0.253 e. The zero-order chi connectivity index (χ0) is 19.9. The van der Waals surface area contributed by atoms with Crippen molar-refractivity contribution in [2.75, 3.05) is 13.6 Å². The molecule has 1 saturated carbocycles. The normalized spacial score (nSPS) is 25.5. The summed E-state index contributed by atoms with van der Waals surface area (Å²) in [6, 6.07) is 13.9. The molecule has 1 N–H and O–H groups in total. The molecule has 3 nitrogen and oxygen atoms in total. The highest BCUT2D eigenvalue weighted by Gasteiger charge is 2.50. The van der Waals surface area contributed by atoms with Crippen molar-refractivity contribution in [3.8, 4) is 0 Å². The number of fused-ring (bicyclic) bond motifs is 3. The Morgan fingerprint density at radius 1 is 1.25 bits per heavy atom. The number of hydrogen-bond donors (Lipinski definition) is 1. The van der Waals surface area contributed by atoms with Gasteiger partial charge < -0.3 is 5.32 Å². The standard InChI is InChI=1S/C23H26BrClN2O/c1-15-5-3-8-19(20(15)25)22(28)26-21(17-6-4-7-18(24)13-17)23-11-9-16(10-12-23)14-27(23)2/h3-8,13,16,21H,9-12,14H2,1-2H3,(H,26,28). The van der Waals surface area contributed by atoms with Gasteiger partial charge in [-0.3, -0.25) is 9.69 Å². The summed E-state index contributed by atoms with van der Waals surface area (Å²) in [6.45, 7) is 3.03. The topological polar surface area (TPSA) is 32.3 Å². The molecular formula is C23H26BrClN2O. The third-order valence-corrected chi connectivity index (χ3v) is 7.69. The van der Waals surface area contributed by atoms with Crippen molar-refractivity contribution in [2.24, 2.45) is 5.92 Å². The molecule has 1 amide bonds. The molecule has 1 atom stereocenters. The largest absolute Gasteiger partial charge is 0.343 e. The minimum atomic E-state index is -0.103. The second kappa shape index (κ2) is 7.81. The fraction of sp³-hybridized carbons (Fsp3) is 0.435. The Morgan fingerprint density at radius 2 is 1.96 bits per heavy atom. The predicted octanol–water partition coefficient (Wildman–Crippen LogP) is 5.76. The van der Waals surface area contributed by atoms with Crippen molar-refractivity contribution in [3.63, 3.8) is 0 Å². The number of benzene rings is 2. The summed E-state index contributed by atoms with van der Waals surface area (Å²) in [5, 5.41) is 3.91. The number of likely N-dealkylation sites (N-methyl/N-ethyl adjacent to an activating group) is 1. The third kappa shape index (κ3) is 3.51. The molecular weight excluding hydrogens is 436 g/mol. The molecule has 0 aromatic heterocycles. The average Bonchev–Trinajstić information content (AvgIpc) is 2.69. The molecule has 2 heterocycles. The van der Waals surface area contributed by atoms with Gasteiger partial charge in [0.1, 0.15) is 0 Å². The Bertz CT molecular complexity index is 892. The molecule has 2 aliphatic heterocycles. The SMILES string of the molecule is Cc1cccc(C(=O)NC(c2cccc(Br)c2)C23CCC(CC2)CN3C)c1Cl. The van der Waals surface area contributed by atoms with E-state index in [4.69, 9.17) is 11.6 Å². The molecule has 148 valence electrons. The van der Waals surface area contributed by atoms with Crippen LogP contribution in [0.1, 0.15) is 53.2 Å². The van der Waals surface area contributed by atoms with E-state index in [0.29, 0.717) is 10.6 Å². The summed E-state index contributed by atoms with van der Waals surface area (Å²) in [5.74, 6) is 0.686. The van der Waals surface area contributed by atoms with E-state index in [9.17, 15) is 4.79 Å². The number of carbonyl (C=O) groups excluding carboxylic acids is 1. The molecule has 0 radical (unpaired) electrons. The molecule has 0 spiro atoms. The first-order valence-corrected chi connectivity index (χ1v) is 11.1. The van der Waals surface area contributed by atoms with Gasteiger partial charge in [-0.05, 0) is 74.9 Å². The number of nitrogens with one attached hydrogen (secondary N) is 1. The summed E-state index contributed by atoms with van der Waals surface area (Å²) < 4.78 is 1.03. The number of carbonyl (C=O) groups is 1. The summed E-state index contributed by atoms with van der Waals surface area (Å²) in [6.07, 6.45) is 4.67. The second-order valence-electron chi connectivity index (χ2n) is 8.33. The average molecular weight is 462 g/mol. The molecule has 5 heteroatoms. The Balaban J connectivity index is 1.73. The number of piperidine rings is 2. The van der Waals surface area contributed by atoms with Crippen molar-refractivity contribution >= 4 is 33.4 Å². The molecule has 2 bridgehead atoms. The molecule has 2 saturated heterocycles. The summed E-state index contributed by atoms with van der Waals surface area (Å²) >= 11 is 10.1. The number of aryl methyl sites for hydroxylation is 1. The quantitative estimate of drug-likeness (QED) is 0.628. The van der Waals surface area contributed by atoms with Crippen LogP contribution in [0.25, 0.3) is 0 Å². The Hall–Kier alpha value is -1.36. The summed E-state index contributed by atoms with van der Waals surface area (Å²) in [7, 11) is 2.21. The van der Waals surface area contributed by atoms with Crippen LogP contribution >= 0.6 is 27.5 Å². The minimum Gasteiger partial charge on any atom is -0.343 e. The lowest BCUT2D eigenvalue weighted by molar-refractivity contribution is -0.0404. The van der Waals surface area contributed by atoms with Crippen LogP contribution in [-0.4, -0.2) is 29.9 Å².